The molecule has 4 aromatic rings. The Kier molecular flexibility index (Phi) is 3.94. The van der Waals surface area contributed by atoms with Crippen molar-refractivity contribution in [1.82, 2.24) is 25.2 Å². The zero-order valence-electron chi connectivity index (χ0n) is 13.4. The quantitative estimate of drug-likeness (QED) is 0.550. The second-order valence-corrected chi connectivity index (χ2v) is 5.47. The van der Waals surface area contributed by atoms with Crippen molar-refractivity contribution >= 4 is 22.5 Å². The summed E-state index contributed by atoms with van der Waals surface area (Å²) >= 11 is 0. The number of amides is 1. The first-order chi connectivity index (χ1) is 12.7. The lowest BCUT2D eigenvalue weighted by Gasteiger charge is -1.94. The molecule has 2 aromatic heterocycles. The van der Waals surface area contributed by atoms with E-state index in [0.29, 0.717) is 16.7 Å². The number of carbonyl (C=O) groups excluding carboxylic acids is 1. The third kappa shape index (κ3) is 3.05. The summed E-state index contributed by atoms with van der Waals surface area (Å²) < 4.78 is 0. The van der Waals surface area contributed by atoms with E-state index >= 15 is 0 Å². The van der Waals surface area contributed by atoms with Crippen LogP contribution < -0.4 is 0 Å². The summed E-state index contributed by atoms with van der Waals surface area (Å²) in [5.74, 6) is -0.288. The highest BCUT2D eigenvalue weighted by atomic mass is 16.3. The van der Waals surface area contributed by atoms with Gasteiger partial charge in [0.2, 0.25) is 11.7 Å². The molecule has 0 fully saturated rings. The first-order valence-electron chi connectivity index (χ1n) is 7.78. The summed E-state index contributed by atoms with van der Waals surface area (Å²) in [6.07, 6.45) is 0. The molecule has 0 aliphatic heterocycles. The molecule has 0 bridgehead atoms. The van der Waals surface area contributed by atoms with Crippen LogP contribution in [0.4, 0.5) is 5.69 Å². The van der Waals surface area contributed by atoms with Crippen LogP contribution in [0.2, 0.25) is 0 Å². The highest BCUT2D eigenvalue weighted by Gasteiger charge is 2.12. The highest BCUT2D eigenvalue weighted by Crippen LogP contribution is 2.35. The summed E-state index contributed by atoms with van der Waals surface area (Å²) in [4.78, 5) is 15.9. The van der Waals surface area contributed by atoms with Crippen molar-refractivity contribution in [1.29, 1.82) is 0 Å². The van der Waals surface area contributed by atoms with Gasteiger partial charge in [-0.25, -0.2) is 0 Å². The van der Waals surface area contributed by atoms with Crippen molar-refractivity contribution in [3.05, 3.63) is 54.6 Å². The molecule has 9 nitrogen and oxygen atoms in total. The number of hydrogen-bond donors (Lipinski definition) is 2. The molecule has 0 atom stereocenters. The van der Waals surface area contributed by atoms with Gasteiger partial charge in [0.05, 0.1) is 5.52 Å². The van der Waals surface area contributed by atoms with E-state index in [4.69, 9.17) is 0 Å². The second-order valence-electron chi connectivity index (χ2n) is 5.47. The van der Waals surface area contributed by atoms with Crippen molar-refractivity contribution in [2.75, 3.05) is 0 Å². The summed E-state index contributed by atoms with van der Waals surface area (Å²) in [5.41, 5.74) is 1.72. The standard InChI is InChI=1S/C17H13N7O2/c25-14(10-24-22-16(21-23-24)11-6-2-1-3-7-11)19-20-15-12-8-4-5-9-13(12)18-17(15)26/h1-9,18,26H,10H2. The van der Waals surface area contributed by atoms with Crippen LogP contribution in [-0.4, -0.2) is 36.2 Å². The molecule has 2 aromatic carbocycles. The van der Waals surface area contributed by atoms with Crippen molar-refractivity contribution < 1.29 is 9.90 Å². The summed E-state index contributed by atoms with van der Waals surface area (Å²) in [6, 6.07) is 16.5. The van der Waals surface area contributed by atoms with E-state index in [1.807, 2.05) is 36.4 Å². The molecule has 0 saturated carbocycles. The van der Waals surface area contributed by atoms with Gasteiger partial charge in [0.15, 0.2) is 5.69 Å². The zero-order chi connectivity index (χ0) is 17.9. The van der Waals surface area contributed by atoms with E-state index in [2.05, 4.69) is 30.6 Å². The number of nitrogens with one attached hydrogen (secondary N) is 1. The second kappa shape index (κ2) is 6.55. The Morgan fingerprint density at radius 2 is 1.88 bits per heavy atom. The molecular weight excluding hydrogens is 334 g/mol. The van der Waals surface area contributed by atoms with Crippen LogP contribution in [0.3, 0.4) is 0 Å². The van der Waals surface area contributed by atoms with Crippen molar-refractivity contribution in [3.63, 3.8) is 0 Å². The van der Waals surface area contributed by atoms with Gasteiger partial charge >= 0.3 is 0 Å². The van der Waals surface area contributed by atoms with Crippen LogP contribution in [0.15, 0.2) is 64.8 Å². The van der Waals surface area contributed by atoms with Gasteiger partial charge in [0.25, 0.3) is 5.91 Å². The Hall–Kier alpha value is -3.88. The third-order valence-corrected chi connectivity index (χ3v) is 3.68. The van der Waals surface area contributed by atoms with E-state index < -0.39 is 5.91 Å². The number of fused-ring (bicyclic) bond motifs is 1. The number of aromatic amines is 1. The Balaban J connectivity index is 1.50. The monoisotopic (exact) mass is 347 g/mol. The normalized spacial score (nSPS) is 11.4. The van der Waals surface area contributed by atoms with E-state index in [9.17, 15) is 9.90 Å². The average molecular weight is 347 g/mol. The van der Waals surface area contributed by atoms with E-state index in [1.165, 1.54) is 0 Å². The average Bonchev–Trinajstić information content (AvgIpc) is 3.24. The molecule has 0 radical (unpaired) electrons. The molecule has 0 unspecified atom stereocenters. The molecule has 2 heterocycles. The van der Waals surface area contributed by atoms with Crippen LogP contribution in [-0.2, 0) is 11.3 Å². The van der Waals surface area contributed by atoms with Crippen LogP contribution in [0.1, 0.15) is 0 Å². The minimum atomic E-state index is -0.563. The topological polar surface area (TPSA) is 121 Å². The third-order valence-electron chi connectivity index (χ3n) is 3.68. The number of aromatic nitrogens is 5. The van der Waals surface area contributed by atoms with Gasteiger partial charge in [-0.1, -0.05) is 48.5 Å². The number of tetrazole rings is 1. The number of carbonyl (C=O) groups is 1. The van der Waals surface area contributed by atoms with Gasteiger partial charge in [-0.05, 0) is 11.3 Å². The fourth-order valence-corrected chi connectivity index (χ4v) is 2.49. The molecule has 0 aliphatic rings. The van der Waals surface area contributed by atoms with Crippen molar-refractivity contribution in [2.45, 2.75) is 6.54 Å². The predicted molar refractivity (Wildman–Crippen MR) is 92.7 cm³/mol. The largest absolute Gasteiger partial charge is 0.493 e. The fourth-order valence-electron chi connectivity index (χ4n) is 2.49. The molecule has 0 saturated heterocycles. The molecular formula is C17H13N7O2. The summed E-state index contributed by atoms with van der Waals surface area (Å²) in [7, 11) is 0. The molecule has 128 valence electrons. The number of rotatable bonds is 4. The highest BCUT2D eigenvalue weighted by molar-refractivity contribution is 5.94. The zero-order valence-corrected chi connectivity index (χ0v) is 13.4. The van der Waals surface area contributed by atoms with Gasteiger partial charge in [-0.15, -0.1) is 20.4 Å². The Morgan fingerprint density at radius 3 is 2.73 bits per heavy atom. The molecule has 4 rings (SSSR count). The maximum atomic E-state index is 12.0. The Bertz CT molecular complexity index is 1100. The molecule has 26 heavy (non-hydrogen) atoms. The molecule has 0 spiro atoms. The van der Waals surface area contributed by atoms with Gasteiger partial charge < -0.3 is 10.1 Å². The van der Waals surface area contributed by atoms with Gasteiger partial charge in [0, 0.05) is 10.9 Å². The summed E-state index contributed by atoms with van der Waals surface area (Å²) in [6.45, 7) is -0.202. The molecule has 1 amide bonds. The number of nitrogens with zero attached hydrogens (tertiary/aromatic N) is 6. The van der Waals surface area contributed by atoms with Crippen molar-refractivity contribution in [2.24, 2.45) is 10.2 Å². The lowest BCUT2D eigenvalue weighted by Crippen LogP contribution is -2.10. The number of hydrogen-bond acceptors (Lipinski definition) is 6. The van der Waals surface area contributed by atoms with Crippen LogP contribution in [0.25, 0.3) is 22.3 Å². The van der Waals surface area contributed by atoms with E-state index in [1.54, 1.807) is 18.2 Å². The fraction of sp³-hybridized carbons (Fsp3) is 0.0588. The SMILES string of the molecule is O=C(Cn1nnc(-c2ccccc2)n1)N=Nc1c(O)[nH]c2ccccc12. The smallest absolute Gasteiger partial charge is 0.287 e. The van der Waals surface area contributed by atoms with Crippen LogP contribution >= 0.6 is 0 Å². The number of H-pyrrole nitrogens is 1. The van der Waals surface area contributed by atoms with Gasteiger partial charge in [-0.3, -0.25) is 4.79 Å². The number of azo groups is 1. The van der Waals surface area contributed by atoms with E-state index in [0.717, 1.165) is 10.4 Å². The molecule has 0 aliphatic carbocycles. The number of aromatic hydroxyl groups is 1. The molecule has 9 heteroatoms. The van der Waals surface area contributed by atoms with Gasteiger partial charge in [0.1, 0.15) is 6.54 Å². The van der Waals surface area contributed by atoms with E-state index in [-0.39, 0.29) is 18.1 Å². The lowest BCUT2D eigenvalue weighted by atomic mass is 10.2. The van der Waals surface area contributed by atoms with Crippen LogP contribution in [0.5, 0.6) is 5.88 Å². The maximum absolute atomic E-state index is 12.0. The minimum absolute atomic E-state index is 0.145. The number of para-hydroxylation sites is 1. The lowest BCUT2D eigenvalue weighted by molar-refractivity contribution is -0.119. The van der Waals surface area contributed by atoms with Gasteiger partial charge in [-0.2, -0.15) is 4.80 Å². The molecule has 2 N–H and O–H groups in total. The van der Waals surface area contributed by atoms with Crippen molar-refractivity contribution in [3.8, 4) is 17.3 Å². The Morgan fingerprint density at radius 1 is 1.12 bits per heavy atom. The Labute approximate surface area is 147 Å². The summed E-state index contributed by atoms with van der Waals surface area (Å²) in [5, 5.41) is 30.0. The predicted octanol–water partition coefficient (Wildman–Crippen LogP) is 2.84. The first kappa shape index (κ1) is 15.6. The minimum Gasteiger partial charge on any atom is -0.493 e. The van der Waals surface area contributed by atoms with Crippen LogP contribution in [0, 0.1) is 0 Å². The maximum Gasteiger partial charge on any atom is 0.287 e. The first-order valence-corrected chi connectivity index (χ1v) is 7.78. The number of benzene rings is 2.